The zero-order valence-corrected chi connectivity index (χ0v) is 17.8. The van der Waals surface area contributed by atoms with Gasteiger partial charge in [-0.05, 0) is 60.7 Å². The maximum Gasteiger partial charge on any atom is 0.234 e. The van der Waals surface area contributed by atoms with Crippen LogP contribution in [0.2, 0.25) is 0 Å². The van der Waals surface area contributed by atoms with Crippen LogP contribution in [-0.2, 0) is 4.79 Å². The highest BCUT2D eigenvalue weighted by molar-refractivity contribution is 9.10. The maximum absolute atomic E-state index is 12.2. The first-order valence-corrected chi connectivity index (χ1v) is 10.5. The predicted molar refractivity (Wildman–Crippen MR) is 116 cm³/mol. The first-order valence-electron chi connectivity index (χ1n) is 8.67. The van der Waals surface area contributed by atoms with Crippen molar-refractivity contribution in [3.8, 4) is 17.0 Å². The van der Waals surface area contributed by atoms with E-state index in [0.717, 1.165) is 27.2 Å². The zero-order valence-electron chi connectivity index (χ0n) is 15.4. The number of nitrogens with one attached hydrogen (secondary N) is 1. The molecule has 9 heteroatoms. The smallest absolute Gasteiger partial charge is 0.234 e. The van der Waals surface area contributed by atoms with E-state index in [4.69, 9.17) is 4.74 Å². The monoisotopic (exact) mass is 469 g/mol. The highest BCUT2D eigenvalue weighted by atomic mass is 79.9. The Kier molecular flexibility index (Phi) is 5.77. The molecule has 0 spiro atoms. The number of nitrogens with zero attached hydrogens (tertiary/aromatic N) is 4. The van der Waals surface area contributed by atoms with Crippen molar-refractivity contribution in [3.63, 3.8) is 0 Å². The number of ether oxygens (including phenoxy) is 1. The molecule has 1 N–H and O–H groups in total. The summed E-state index contributed by atoms with van der Waals surface area (Å²) in [7, 11) is 1.63. The molecular weight excluding hydrogens is 454 g/mol. The summed E-state index contributed by atoms with van der Waals surface area (Å²) >= 11 is 4.66. The first-order chi connectivity index (χ1) is 14.1. The summed E-state index contributed by atoms with van der Waals surface area (Å²) in [5, 5.41) is 16.3. The molecule has 0 saturated heterocycles. The Balaban J connectivity index is 1.48. The molecule has 0 aliphatic carbocycles. The van der Waals surface area contributed by atoms with E-state index in [2.05, 4.69) is 36.5 Å². The average Bonchev–Trinajstić information content (AvgIpc) is 3.16. The number of rotatable bonds is 6. The molecule has 2 aromatic carbocycles. The molecule has 0 fully saturated rings. The van der Waals surface area contributed by atoms with E-state index in [-0.39, 0.29) is 11.7 Å². The summed E-state index contributed by atoms with van der Waals surface area (Å²) in [6, 6.07) is 18.8. The highest BCUT2D eigenvalue weighted by Gasteiger charge is 2.12. The molecule has 1 amide bonds. The molecule has 4 rings (SSSR count). The van der Waals surface area contributed by atoms with Gasteiger partial charge in [-0.3, -0.25) is 4.79 Å². The van der Waals surface area contributed by atoms with Crippen LogP contribution in [0.1, 0.15) is 0 Å². The molecule has 2 aromatic heterocycles. The molecule has 0 bridgehead atoms. The first kappa shape index (κ1) is 19.4. The van der Waals surface area contributed by atoms with Crippen molar-refractivity contribution in [1.82, 2.24) is 19.8 Å². The number of amides is 1. The van der Waals surface area contributed by atoms with Gasteiger partial charge in [-0.15, -0.1) is 10.2 Å². The number of halogens is 1. The van der Waals surface area contributed by atoms with Crippen molar-refractivity contribution >= 4 is 44.9 Å². The second-order valence-corrected chi connectivity index (χ2v) is 7.90. The molecule has 7 nitrogen and oxygen atoms in total. The third kappa shape index (κ3) is 4.57. The fourth-order valence-electron chi connectivity index (χ4n) is 2.64. The standard InChI is InChI=1S/C20H16BrN5O2S/c1-28-16-8-2-13(3-9-16)17-10-11-18-23-24-20(26(18)25-17)29-12-19(27)22-15-6-4-14(21)5-7-15/h2-11H,12H2,1H3,(H,22,27). The summed E-state index contributed by atoms with van der Waals surface area (Å²) < 4.78 is 7.80. The van der Waals surface area contributed by atoms with Crippen molar-refractivity contribution in [3.05, 3.63) is 65.1 Å². The molecule has 146 valence electrons. The number of hydrogen-bond donors (Lipinski definition) is 1. The minimum absolute atomic E-state index is 0.125. The van der Waals surface area contributed by atoms with Gasteiger partial charge in [0.1, 0.15) is 5.75 Å². The summed E-state index contributed by atoms with van der Waals surface area (Å²) in [5.74, 6) is 0.859. The van der Waals surface area contributed by atoms with Gasteiger partial charge in [0, 0.05) is 15.7 Å². The molecule has 29 heavy (non-hydrogen) atoms. The van der Waals surface area contributed by atoms with Gasteiger partial charge in [0.2, 0.25) is 11.1 Å². The number of hydrogen-bond acceptors (Lipinski definition) is 6. The molecule has 0 aliphatic rings. The summed E-state index contributed by atoms with van der Waals surface area (Å²) in [4.78, 5) is 12.2. The molecule has 4 aromatic rings. The molecule has 0 atom stereocenters. The van der Waals surface area contributed by atoms with Gasteiger partial charge in [0.25, 0.3) is 0 Å². The molecule has 0 saturated carbocycles. The Bertz CT molecular complexity index is 1150. The van der Waals surface area contributed by atoms with Crippen LogP contribution in [0.3, 0.4) is 0 Å². The van der Waals surface area contributed by atoms with Gasteiger partial charge >= 0.3 is 0 Å². The van der Waals surface area contributed by atoms with E-state index in [1.165, 1.54) is 11.8 Å². The highest BCUT2D eigenvalue weighted by Crippen LogP contribution is 2.23. The number of aromatic nitrogens is 4. The molecule has 0 unspecified atom stereocenters. The van der Waals surface area contributed by atoms with Gasteiger partial charge < -0.3 is 10.1 Å². The van der Waals surface area contributed by atoms with Crippen molar-refractivity contribution < 1.29 is 9.53 Å². The van der Waals surface area contributed by atoms with Gasteiger partial charge in [0.15, 0.2) is 5.65 Å². The predicted octanol–water partition coefficient (Wildman–Crippen LogP) is 4.29. The van der Waals surface area contributed by atoms with Crippen LogP contribution in [0.25, 0.3) is 16.9 Å². The Morgan fingerprint density at radius 1 is 1.07 bits per heavy atom. The Hall–Kier alpha value is -2.91. The second-order valence-electron chi connectivity index (χ2n) is 6.04. The van der Waals surface area contributed by atoms with Crippen molar-refractivity contribution in [2.24, 2.45) is 0 Å². The molecule has 2 heterocycles. The fourth-order valence-corrected chi connectivity index (χ4v) is 3.59. The average molecular weight is 470 g/mol. The number of fused-ring (bicyclic) bond motifs is 1. The lowest BCUT2D eigenvalue weighted by Crippen LogP contribution is -2.14. The number of thioether (sulfide) groups is 1. The van der Waals surface area contributed by atoms with Gasteiger partial charge in [-0.2, -0.15) is 9.61 Å². The normalized spacial score (nSPS) is 10.8. The van der Waals surface area contributed by atoms with E-state index in [9.17, 15) is 4.79 Å². The van der Waals surface area contributed by atoms with Crippen LogP contribution in [0.15, 0.2) is 70.3 Å². The fraction of sp³-hybridized carbons (Fsp3) is 0.100. The number of benzene rings is 2. The lowest BCUT2D eigenvalue weighted by atomic mass is 10.1. The molecule has 0 aliphatic heterocycles. The lowest BCUT2D eigenvalue weighted by Gasteiger charge is -2.06. The minimum Gasteiger partial charge on any atom is -0.497 e. The summed E-state index contributed by atoms with van der Waals surface area (Å²) in [6.07, 6.45) is 0. The van der Waals surface area contributed by atoms with Crippen molar-refractivity contribution in [1.29, 1.82) is 0 Å². The van der Waals surface area contributed by atoms with E-state index < -0.39 is 0 Å². The van der Waals surface area contributed by atoms with Crippen LogP contribution in [0, 0.1) is 0 Å². The van der Waals surface area contributed by atoms with E-state index in [1.807, 2.05) is 60.7 Å². The Morgan fingerprint density at radius 3 is 2.55 bits per heavy atom. The van der Waals surface area contributed by atoms with Crippen LogP contribution in [0.4, 0.5) is 5.69 Å². The molecule has 0 radical (unpaired) electrons. The van der Waals surface area contributed by atoms with Crippen LogP contribution < -0.4 is 10.1 Å². The van der Waals surface area contributed by atoms with Crippen molar-refractivity contribution in [2.75, 3.05) is 18.2 Å². The third-order valence-corrected chi connectivity index (χ3v) is 5.53. The van der Waals surface area contributed by atoms with E-state index in [1.54, 1.807) is 11.6 Å². The van der Waals surface area contributed by atoms with E-state index >= 15 is 0 Å². The molecular formula is C20H16BrN5O2S. The van der Waals surface area contributed by atoms with Crippen molar-refractivity contribution in [2.45, 2.75) is 5.16 Å². The number of anilines is 1. The zero-order chi connectivity index (χ0) is 20.2. The number of carbonyl (C=O) groups is 1. The van der Waals surface area contributed by atoms with Gasteiger partial charge in [-0.25, -0.2) is 0 Å². The lowest BCUT2D eigenvalue weighted by molar-refractivity contribution is -0.113. The quantitative estimate of drug-likeness (QED) is 0.424. The number of carbonyl (C=O) groups excluding carboxylic acids is 1. The largest absolute Gasteiger partial charge is 0.497 e. The van der Waals surface area contributed by atoms with Crippen LogP contribution >= 0.6 is 27.7 Å². The van der Waals surface area contributed by atoms with Gasteiger partial charge in [-0.1, -0.05) is 27.7 Å². The number of methoxy groups -OCH3 is 1. The van der Waals surface area contributed by atoms with Crippen LogP contribution in [0.5, 0.6) is 5.75 Å². The maximum atomic E-state index is 12.2. The van der Waals surface area contributed by atoms with E-state index in [0.29, 0.717) is 10.8 Å². The minimum atomic E-state index is -0.125. The van der Waals surface area contributed by atoms with Gasteiger partial charge in [0.05, 0.1) is 18.6 Å². The third-order valence-electron chi connectivity index (χ3n) is 4.08. The summed E-state index contributed by atoms with van der Waals surface area (Å²) in [6.45, 7) is 0. The van der Waals surface area contributed by atoms with Crippen LogP contribution in [-0.4, -0.2) is 38.6 Å². The summed E-state index contributed by atoms with van der Waals surface area (Å²) in [5.41, 5.74) is 3.09. The Morgan fingerprint density at radius 2 is 1.83 bits per heavy atom. The Labute approximate surface area is 179 Å². The topological polar surface area (TPSA) is 81.4 Å². The second kappa shape index (κ2) is 8.62. The SMILES string of the molecule is COc1ccc(-c2ccc3nnc(SCC(=O)Nc4ccc(Br)cc4)n3n2)cc1.